The van der Waals surface area contributed by atoms with Gasteiger partial charge in [0.2, 0.25) is 5.91 Å². The molecule has 0 spiro atoms. The Kier molecular flexibility index (Phi) is 6.18. The van der Waals surface area contributed by atoms with Crippen LogP contribution in [0.1, 0.15) is 30.3 Å². The molecule has 3 heterocycles. The molecule has 0 radical (unpaired) electrons. The molecule has 30 heavy (non-hydrogen) atoms. The van der Waals surface area contributed by atoms with Gasteiger partial charge >= 0.3 is 6.03 Å². The third-order valence-corrected chi connectivity index (χ3v) is 5.91. The zero-order chi connectivity index (χ0) is 20.9. The van der Waals surface area contributed by atoms with Crippen molar-refractivity contribution in [1.82, 2.24) is 25.5 Å². The van der Waals surface area contributed by atoms with E-state index in [4.69, 9.17) is 4.74 Å². The van der Waals surface area contributed by atoms with E-state index in [1.54, 1.807) is 34.9 Å². The number of urea groups is 1. The number of hydrogen-bond donors (Lipinski definition) is 3. The zero-order valence-corrected chi connectivity index (χ0v) is 17.6. The van der Waals surface area contributed by atoms with Crippen LogP contribution >= 0.6 is 11.3 Å². The first kappa shape index (κ1) is 20.2. The van der Waals surface area contributed by atoms with Gasteiger partial charge in [-0.05, 0) is 36.4 Å². The monoisotopic (exact) mass is 427 g/mol. The van der Waals surface area contributed by atoms with Crippen molar-refractivity contribution in [3.8, 4) is 5.75 Å². The van der Waals surface area contributed by atoms with Gasteiger partial charge in [-0.1, -0.05) is 0 Å². The fourth-order valence-electron chi connectivity index (χ4n) is 3.61. The van der Waals surface area contributed by atoms with Crippen LogP contribution in [0, 0.1) is 0 Å². The second-order valence-electron chi connectivity index (χ2n) is 7.43. The maximum atomic E-state index is 12.3. The van der Waals surface area contributed by atoms with Crippen molar-refractivity contribution in [2.45, 2.75) is 39.0 Å². The van der Waals surface area contributed by atoms with Gasteiger partial charge < -0.3 is 25.3 Å². The van der Waals surface area contributed by atoms with Crippen LogP contribution in [0.5, 0.6) is 5.75 Å². The van der Waals surface area contributed by atoms with Gasteiger partial charge in [0.15, 0.2) is 0 Å². The molecule has 9 heteroatoms. The molecule has 158 valence electrons. The number of thiazole rings is 1. The summed E-state index contributed by atoms with van der Waals surface area (Å²) in [6.07, 6.45) is 3.59. The number of piperidine rings is 1. The number of nitrogens with zero attached hydrogens (tertiary/aromatic N) is 2. The Morgan fingerprint density at radius 3 is 3.07 bits per heavy atom. The van der Waals surface area contributed by atoms with E-state index in [2.05, 4.69) is 20.6 Å². The summed E-state index contributed by atoms with van der Waals surface area (Å²) >= 11 is 1.56. The van der Waals surface area contributed by atoms with E-state index < -0.39 is 0 Å². The van der Waals surface area contributed by atoms with Gasteiger partial charge in [0.05, 0.1) is 16.9 Å². The Morgan fingerprint density at radius 2 is 2.27 bits per heavy atom. The molecule has 1 fully saturated rings. The van der Waals surface area contributed by atoms with E-state index in [0.29, 0.717) is 19.7 Å². The molecule has 1 atom stereocenters. The van der Waals surface area contributed by atoms with Crippen molar-refractivity contribution in [2.24, 2.45) is 0 Å². The number of fused-ring (bicyclic) bond motifs is 1. The number of aromatic nitrogens is 2. The van der Waals surface area contributed by atoms with Crippen molar-refractivity contribution in [1.29, 1.82) is 0 Å². The molecular weight excluding hydrogens is 402 g/mol. The summed E-state index contributed by atoms with van der Waals surface area (Å²) in [4.78, 5) is 34.0. The predicted molar refractivity (Wildman–Crippen MR) is 115 cm³/mol. The standard InChI is InChI=1S/C21H25N5O3S/c1-14(27)26-6-2-3-16(11-26)25-21(28)23-9-17-7-15-4-5-18(8-20(15)24-17)29-12-19-10-22-13-30-19/h4-5,7-8,10,13,16,24H,2-3,6,9,11-12H2,1H3,(H2,23,25,28)/t16-/m1/s1. The van der Waals surface area contributed by atoms with E-state index >= 15 is 0 Å². The molecule has 1 saturated heterocycles. The summed E-state index contributed by atoms with van der Waals surface area (Å²) in [5.41, 5.74) is 3.66. The third-order valence-electron chi connectivity index (χ3n) is 5.16. The van der Waals surface area contributed by atoms with Gasteiger partial charge in [0, 0.05) is 49.5 Å². The number of amides is 3. The number of hydrogen-bond acceptors (Lipinski definition) is 5. The van der Waals surface area contributed by atoms with E-state index in [1.165, 1.54) is 0 Å². The van der Waals surface area contributed by atoms with Gasteiger partial charge in [0.25, 0.3) is 0 Å². The third kappa shape index (κ3) is 5.10. The second-order valence-corrected chi connectivity index (χ2v) is 8.40. The highest BCUT2D eigenvalue weighted by Crippen LogP contribution is 2.22. The number of benzene rings is 1. The van der Waals surface area contributed by atoms with Crippen LogP contribution in [-0.2, 0) is 17.9 Å². The molecule has 1 aromatic carbocycles. The predicted octanol–water partition coefficient (Wildman–Crippen LogP) is 3.01. The molecule has 4 rings (SSSR count). The first-order valence-corrected chi connectivity index (χ1v) is 10.9. The largest absolute Gasteiger partial charge is 0.488 e. The Morgan fingerprint density at radius 1 is 1.37 bits per heavy atom. The maximum Gasteiger partial charge on any atom is 0.315 e. The lowest BCUT2D eigenvalue weighted by molar-refractivity contribution is -0.130. The van der Waals surface area contributed by atoms with Crippen LogP contribution in [0.4, 0.5) is 4.79 Å². The van der Waals surface area contributed by atoms with Crippen molar-refractivity contribution < 1.29 is 14.3 Å². The van der Waals surface area contributed by atoms with Crippen LogP contribution in [0.15, 0.2) is 36.0 Å². The van der Waals surface area contributed by atoms with Crippen LogP contribution in [0.3, 0.4) is 0 Å². The molecule has 0 aliphatic carbocycles. The fourth-order valence-corrected chi connectivity index (χ4v) is 4.12. The minimum Gasteiger partial charge on any atom is -0.488 e. The van der Waals surface area contributed by atoms with E-state index in [0.717, 1.165) is 46.6 Å². The molecular formula is C21H25N5O3S. The molecule has 2 aromatic heterocycles. The second kappa shape index (κ2) is 9.17. The van der Waals surface area contributed by atoms with Gasteiger partial charge in [-0.3, -0.25) is 9.78 Å². The lowest BCUT2D eigenvalue weighted by atomic mass is 10.1. The lowest BCUT2D eigenvalue weighted by Crippen LogP contribution is -2.51. The van der Waals surface area contributed by atoms with Crippen molar-refractivity contribution in [3.63, 3.8) is 0 Å². The fraction of sp³-hybridized carbons (Fsp3) is 0.381. The maximum absolute atomic E-state index is 12.3. The lowest BCUT2D eigenvalue weighted by Gasteiger charge is -2.32. The summed E-state index contributed by atoms with van der Waals surface area (Å²) in [5, 5.41) is 6.91. The van der Waals surface area contributed by atoms with Crippen molar-refractivity contribution in [3.05, 3.63) is 46.5 Å². The summed E-state index contributed by atoms with van der Waals surface area (Å²) in [5.74, 6) is 0.831. The van der Waals surface area contributed by atoms with Crippen LogP contribution in [0.2, 0.25) is 0 Å². The number of nitrogens with one attached hydrogen (secondary N) is 3. The molecule has 1 aliphatic rings. The highest BCUT2D eigenvalue weighted by atomic mass is 32.1. The first-order chi connectivity index (χ1) is 14.6. The summed E-state index contributed by atoms with van der Waals surface area (Å²) in [6, 6.07) is 7.67. The summed E-state index contributed by atoms with van der Waals surface area (Å²) < 4.78 is 5.82. The molecule has 0 bridgehead atoms. The van der Waals surface area contributed by atoms with E-state index in [-0.39, 0.29) is 18.0 Å². The molecule has 3 amide bonds. The van der Waals surface area contributed by atoms with Gasteiger partial charge in [-0.25, -0.2) is 4.79 Å². The Balaban J connectivity index is 1.29. The minimum absolute atomic E-state index is 0.0105. The number of likely N-dealkylation sites (tertiary alicyclic amines) is 1. The van der Waals surface area contributed by atoms with Gasteiger partial charge in [-0.2, -0.15) is 0 Å². The van der Waals surface area contributed by atoms with Crippen LogP contribution < -0.4 is 15.4 Å². The SMILES string of the molecule is CC(=O)N1CCC[C@@H](NC(=O)NCc2cc3ccc(OCc4cncs4)cc3[nH]2)C1. The quantitative estimate of drug-likeness (QED) is 0.563. The summed E-state index contributed by atoms with van der Waals surface area (Å²) in [6.45, 7) is 3.78. The molecule has 0 saturated carbocycles. The van der Waals surface area contributed by atoms with E-state index in [9.17, 15) is 9.59 Å². The van der Waals surface area contributed by atoms with Crippen LogP contribution in [-0.4, -0.2) is 45.9 Å². The molecule has 1 aliphatic heterocycles. The van der Waals surface area contributed by atoms with Crippen LogP contribution in [0.25, 0.3) is 10.9 Å². The zero-order valence-electron chi connectivity index (χ0n) is 16.8. The van der Waals surface area contributed by atoms with Gasteiger partial charge in [-0.15, -0.1) is 11.3 Å². The highest BCUT2D eigenvalue weighted by Gasteiger charge is 2.22. The van der Waals surface area contributed by atoms with Crippen molar-refractivity contribution in [2.75, 3.05) is 13.1 Å². The topological polar surface area (TPSA) is 99.3 Å². The van der Waals surface area contributed by atoms with Crippen molar-refractivity contribution >= 4 is 34.2 Å². The Bertz CT molecular complexity index is 1020. The number of carbonyl (C=O) groups excluding carboxylic acids is 2. The Labute approximate surface area is 178 Å². The molecule has 3 aromatic rings. The average Bonchev–Trinajstić information content (AvgIpc) is 3.40. The number of rotatable bonds is 6. The normalized spacial score (nSPS) is 16.4. The number of H-pyrrole nitrogens is 1. The first-order valence-electron chi connectivity index (χ1n) is 9.98. The smallest absolute Gasteiger partial charge is 0.315 e. The Hall–Kier alpha value is -3.07. The number of carbonyl (C=O) groups is 2. The molecule has 8 nitrogen and oxygen atoms in total. The summed E-state index contributed by atoms with van der Waals surface area (Å²) in [7, 11) is 0. The van der Waals surface area contributed by atoms with E-state index in [1.807, 2.05) is 24.3 Å². The molecule has 3 N–H and O–H groups in total. The molecule has 0 unspecified atom stereocenters. The highest BCUT2D eigenvalue weighted by molar-refractivity contribution is 7.09. The average molecular weight is 428 g/mol. The number of aromatic amines is 1. The van der Waals surface area contributed by atoms with Gasteiger partial charge in [0.1, 0.15) is 12.4 Å². The number of ether oxygens (including phenoxy) is 1. The minimum atomic E-state index is -0.224.